The fourth-order valence-corrected chi connectivity index (χ4v) is 2.94. The molecular formula is C13H12BrN5S. The van der Waals surface area contributed by atoms with E-state index in [0.717, 1.165) is 32.2 Å². The van der Waals surface area contributed by atoms with Crippen LogP contribution >= 0.6 is 27.7 Å². The van der Waals surface area contributed by atoms with Crippen LogP contribution in [0.5, 0.6) is 0 Å². The summed E-state index contributed by atoms with van der Waals surface area (Å²) in [6.07, 6.45) is 1.75. The van der Waals surface area contributed by atoms with E-state index < -0.39 is 0 Å². The van der Waals surface area contributed by atoms with Crippen molar-refractivity contribution in [2.24, 2.45) is 0 Å². The van der Waals surface area contributed by atoms with Gasteiger partial charge in [-0.3, -0.25) is 0 Å². The lowest BCUT2D eigenvalue weighted by Gasteiger charge is -2.04. The maximum absolute atomic E-state index is 4.53. The number of hydrogen-bond donors (Lipinski definition) is 2. The minimum Gasteiger partial charge on any atom is -0.354 e. The van der Waals surface area contributed by atoms with Gasteiger partial charge >= 0.3 is 0 Å². The molecule has 3 aromatic rings. The van der Waals surface area contributed by atoms with Crippen molar-refractivity contribution in [1.82, 2.24) is 19.9 Å². The second-order valence-electron chi connectivity index (χ2n) is 4.04. The summed E-state index contributed by atoms with van der Waals surface area (Å²) in [6, 6.07) is 7.95. The van der Waals surface area contributed by atoms with Crippen LogP contribution in [0.25, 0.3) is 11.0 Å². The van der Waals surface area contributed by atoms with Gasteiger partial charge in [-0.15, -0.1) is 0 Å². The highest BCUT2D eigenvalue weighted by atomic mass is 79.9. The summed E-state index contributed by atoms with van der Waals surface area (Å²) in [6.45, 7) is 2.80. The smallest absolute Gasteiger partial charge is 0.223 e. The predicted molar refractivity (Wildman–Crippen MR) is 84.1 cm³/mol. The van der Waals surface area contributed by atoms with Gasteiger partial charge in [0, 0.05) is 12.7 Å². The zero-order valence-electron chi connectivity index (χ0n) is 10.7. The van der Waals surface area contributed by atoms with E-state index in [9.17, 15) is 0 Å². The summed E-state index contributed by atoms with van der Waals surface area (Å²) in [7, 11) is 0. The quantitative estimate of drug-likeness (QED) is 0.703. The Hall–Kier alpha value is -1.60. The van der Waals surface area contributed by atoms with E-state index >= 15 is 0 Å². The van der Waals surface area contributed by atoms with Crippen LogP contribution in [0.2, 0.25) is 0 Å². The fraction of sp³-hybridized carbons (Fsp3) is 0.154. The van der Waals surface area contributed by atoms with E-state index in [2.05, 4.69) is 41.2 Å². The highest BCUT2D eigenvalue weighted by molar-refractivity contribution is 9.10. The lowest BCUT2D eigenvalue weighted by Crippen LogP contribution is -2.02. The average Bonchev–Trinajstić information content (AvgIpc) is 2.85. The van der Waals surface area contributed by atoms with E-state index in [1.54, 1.807) is 6.20 Å². The van der Waals surface area contributed by atoms with Gasteiger partial charge in [-0.1, -0.05) is 12.1 Å². The maximum Gasteiger partial charge on any atom is 0.223 e. The zero-order valence-corrected chi connectivity index (χ0v) is 13.1. The van der Waals surface area contributed by atoms with Crippen molar-refractivity contribution in [3.05, 3.63) is 34.9 Å². The second kappa shape index (κ2) is 5.80. The molecule has 7 heteroatoms. The summed E-state index contributed by atoms with van der Waals surface area (Å²) in [4.78, 5) is 16.5. The van der Waals surface area contributed by atoms with Crippen LogP contribution in [0, 0.1) is 0 Å². The molecule has 0 saturated heterocycles. The molecule has 5 nitrogen and oxygen atoms in total. The van der Waals surface area contributed by atoms with Crippen molar-refractivity contribution in [3.8, 4) is 0 Å². The average molecular weight is 350 g/mol. The molecule has 102 valence electrons. The number of rotatable bonds is 4. The van der Waals surface area contributed by atoms with Crippen LogP contribution in [0.15, 0.2) is 45.1 Å². The first-order valence-corrected chi connectivity index (χ1v) is 7.76. The standard InChI is InChI=1S/C13H12BrN5S/c1-2-15-12-16-7-8(14)11(19-12)20-13-17-9-5-3-4-6-10(9)18-13/h3-7H,2H2,1H3,(H,17,18)(H,15,16,19). The van der Waals surface area contributed by atoms with Crippen LogP contribution in [0.1, 0.15) is 6.92 Å². The van der Waals surface area contributed by atoms with E-state index in [1.807, 2.05) is 31.2 Å². The summed E-state index contributed by atoms with van der Waals surface area (Å²) in [5, 5.41) is 4.74. The third-order valence-corrected chi connectivity index (χ3v) is 4.34. The van der Waals surface area contributed by atoms with Gasteiger partial charge in [0.2, 0.25) is 5.95 Å². The van der Waals surface area contributed by atoms with E-state index in [4.69, 9.17) is 0 Å². The van der Waals surface area contributed by atoms with Crippen LogP contribution in [0.4, 0.5) is 5.95 Å². The second-order valence-corrected chi connectivity index (χ2v) is 5.87. The number of H-pyrrole nitrogens is 1. The molecule has 0 aliphatic rings. The van der Waals surface area contributed by atoms with Gasteiger partial charge in [0.15, 0.2) is 5.16 Å². The molecular weight excluding hydrogens is 338 g/mol. The monoisotopic (exact) mass is 349 g/mol. The summed E-state index contributed by atoms with van der Waals surface area (Å²) in [5.41, 5.74) is 1.97. The molecule has 1 aromatic carbocycles. The Kier molecular flexibility index (Phi) is 3.88. The molecule has 0 saturated carbocycles. The van der Waals surface area contributed by atoms with Crippen LogP contribution in [-0.4, -0.2) is 26.5 Å². The highest BCUT2D eigenvalue weighted by Crippen LogP contribution is 2.31. The largest absolute Gasteiger partial charge is 0.354 e. The molecule has 0 atom stereocenters. The molecule has 0 amide bonds. The van der Waals surface area contributed by atoms with E-state index in [-0.39, 0.29) is 0 Å². The van der Waals surface area contributed by atoms with Gasteiger partial charge in [0.05, 0.1) is 15.5 Å². The van der Waals surface area contributed by atoms with Crippen molar-refractivity contribution in [2.75, 3.05) is 11.9 Å². The molecule has 2 heterocycles. The molecule has 20 heavy (non-hydrogen) atoms. The minimum atomic E-state index is 0.620. The Morgan fingerprint density at radius 3 is 2.95 bits per heavy atom. The lowest BCUT2D eigenvalue weighted by molar-refractivity contribution is 0.988. The van der Waals surface area contributed by atoms with E-state index in [0.29, 0.717) is 5.95 Å². The lowest BCUT2D eigenvalue weighted by atomic mass is 10.3. The highest BCUT2D eigenvalue weighted by Gasteiger charge is 2.10. The molecule has 0 fully saturated rings. The Morgan fingerprint density at radius 1 is 1.30 bits per heavy atom. The summed E-state index contributed by atoms with van der Waals surface area (Å²) in [5.74, 6) is 0.620. The Balaban J connectivity index is 1.91. The number of aromatic amines is 1. The number of fused-ring (bicyclic) bond motifs is 1. The van der Waals surface area contributed by atoms with Crippen molar-refractivity contribution < 1.29 is 0 Å². The fourth-order valence-electron chi connectivity index (χ4n) is 1.74. The zero-order chi connectivity index (χ0) is 13.9. The van der Waals surface area contributed by atoms with Gasteiger partial charge in [-0.25, -0.2) is 15.0 Å². The number of nitrogens with zero attached hydrogens (tertiary/aromatic N) is 3. The maximum atomic E-state index is 4.53. The van der Waals surface area contributed by atoms with Crippen molar-refractivity contribution in [1.29, 1.82) is 0 Å². The number of imidazole rings is 1. The van der Waals surface area contributed by atoms with Gasteiger partial charge < -0.3 is 10.3 Å². The summed E-state index contributed by atoms with van der Waals surface area (Å²) >= 11 is 4.94. The molecule has 0 radical (unpaired) electrons. The first-order chi connectivity index (χ1) is 9.76. The minimum absolute atomic E-state index is 0.620. The summed E-state index contributed by atoms with van der Waals surface area (Å²) < 4.78 is 0.851. The van der Waals surface area contributed by atoms with Crippen LogP contribution in [0.3, 0.4) is 0 Å². The third-order valence-electron chi connectivity index (χ3n) is 2.61. The topological polar surface area (TPSA) is 66.5 Å². The van der Waals surface area contributed by atoms with Crippen molar-refractivity contribution in [3.63, 3.8) is 0 Å². The number of hydrogen-bond acceptors (Lipinski definition) is 5. The Morgan fingerprint density at radius 2 is 2.15 bits per heavy atom. The first-order valence-electron chi connectivity index (χ1n) is 6.15. The van der Waals surface area contributed by atoms with Gasteiger partial charge in [-0.2, -0.15) is 0 Å². The number of para-hydroxylation sites is 2. The predicted octanol–water partition coefficient (Wildman–Crippen LogP) is 3.70. The SMILES string of the molecule is CCNc1ncc(Br)c(Sc2nc3ccccc3[nH]2)n1. The molecule has 3 rings (SSSR count). The van der Waals surface area contributed by atoms with Crippen LogP contribution in [-0.2, 0) is 0 Å². The number of halogens is 1. The molecule has 0 unspecified atom stereocenters. The van der Waals surface area contributed by atoms with Gasteiger partial charge in [-0.05, 0) is 46.7 Å². The molecule has 0 aliphatic heterocycles. The third kappa shape index (κ3) is 2.78. The Labute approximate surface area is 128 Å². The number of nitrogens with one attached hydrogen (secondary N) is 2. The molecule has 2 aromatic heterocycles. The van der Waals surface area contributed by atoms with Crippen LogP contribution < -0.4 is 5.32 Å². The number of benzene rings is 1. The van der Waals surface area contributed by atoms with Crippen molar-refractivity contribution in [2.45, 2.75) is 17.1 Å². The van der Waals surface area contributed by atoms with Crippen molar-refractivity contribution >= 4 is 44.7 Å². The van der Waals surface area contributed by atoms with Gasteiger partial charge in [0.1, 0.15) is 5.03 Å². The molecule has 2 N–H and O–H groups in total. The van der Waals surface area contributed by atoms with E-state index in [1.165, 1.54) is 11.8 Å². The molecule has 0 spiro atoms. The Bertz CT molecular complexity index is 709. The molecule has 0 aliphatic carbocycles. The number of aromatic nitrogens is 4. The first kappa shape index (κ1) is 13.4. The normalized spacial score (nSPS) is 10.9. The molecule has 0 bridgehead atoms. The van der Waals surface area contributed by atoms with Gasteiger partial charge in [0.25, 0.3) is 0 Å². The number of anilines is 1.